The summed E-state index contributed by atoms with van der Waals surface area (Å²) in [6.07, 6.45) is 0. The summed E-state index contributed by atoms with van der Waals surface area (Å²) in [7, 11) is 1.70. The molecule has 1 atom stereocenters. The molecule has 2 heterocycles. The predicted molar refractivity (Wildman–Crippen MR) is 59.2 cm³/mol. The summed E-state index contributed by atoms with van der Waals surface area (Å²) in [4.78, 5) is 24.5. The zero-order valence-corrected chi connectivity index (χ0v) is 10.3. The molecule has 0 saturated carbocycles. The van der Waals surface area contributed by atoms with Gasteiger partial charge < -0.3 is 5.32 Å². The van der Waals surface area contributed by atoms with Crippen LogP contribution in [0.3, 0.4) is 0 Å². The summed E-state index contributed by atoms with van der Waals surface area (Å²) in [6, 6.07) is -0.335. The van der Waals surface area contributed by atoms with Gasteiger partial charge >= 0.3 is 6.03 Å². The zero-order valence-electron chi connectivity index (χ0n) is 9.45. The topological polar surface area (TPSA) is 93.0 Å². The first-order valence-electron chi connectivity index (χ1n) is 5.08. The Labute approximate surface area is 102 Å². The van der Waals surface area contributed by atoms with E-state index < -0.39 is 5.25 Å². The molecule has 1 fully saturated rings. The van der Waals surface area contributed by atoms with E-state index in [1.54, 1.807) is 14.0 Å². The third-order valence-electron chi connectivity index (χ3n) is 2.33. The summed E-state index contributed by atoms with van der Waals surface area (Å²) in [6.45, 7) is 2.65. The minimum absolute atomic E-state index is 0.229. The second kappa shape index (κ2) is 4.70. The molecular formula is C8H12N6O2S. The highest BCUT2D eigenvalue weighted by molar-refractivity contribution is 8.00. The van der Waals surface area contributed by atoms with Gasteiger partial charge in [-0.05, 0) is 17.4 Å². The van der Waals surface area contributed by atoms with Crippen LogP contribution in [0.15, 0.2) is 5.16 Å². The molecular weight excluding hydrogens is 244 g/mol. The minimum atomic E-state index is -0.399. The van der Waals surface area contributed by atoms with E-state index in [0.29, 0.717) is 18.2 Å². The number of nitrogens with zero attached hydrogens (tertiary/aromatic N) is 5. The third kappa shape index (κ3) is 2.38. The van der Waals surface area contributed by atoms with E-state index in [-0.39, 0.29) is 11.9 Å². The van der Waals surface area contributed by atoms with Crippen LogP contribution >= 0.6 is 11.8 Å². The van der Waals surface area contributed by atoms with Crippen LogP contribution in [0.25, 0.3) is 0 Å². The van der Waals surface area contributed by atoms with Gasteiger partial charge in [0.15, 0.2) is 0 Å². The predicted octanol–water partition coefficient (Wildman–Crippen LogP) is -0.757. The van der Waals surface area contributed by atoms with Crippen molar-refractivity contribution in [2.45, 2.75) is 17.3 Å². The van der Waals surface area contributed by atoms with Crippen molar-refractivity contribution in [3.8, 4) is 0 Å². The van der Waals surface area contributed by atoms with Crippen LogP contribution in [0.5, 0.6) is 0 Å². The van der Waals surface area contributed by atoms with Crippen LogP contribution in [0.4, 0.5) is 4.79 Å². The molecule has 1 N–H and O–H groups in total. The van der Waals surface area contributed by atoms with E-state index in [4.69, 9.17) is 0 Å². The highest BCUT2D eigenvalue weighted by Gasteiger charge is 2.30. The Balaban J connectivity index is 2.00. The number of aromatic nitrogens is 4. The first kappa shape index (κ1) is 11.8. The van der Waals surface area contributed by atoms with Crippen molar-refractivity contribution in [1.29, 1.82) is 0 Å². The molecule has 8 nitrogen and oxygen atoms in total. The molecule has 2 rings (SSSR count). The molecule has 92 valence electrons. The Bertz CT molecular complexity index is 447. The SMILES string of the molecule is CC(Sc1nnnn1C)C(=O)N1CCNC1=O. The van der Waals surface area contributed by atoms with Crippen molar-refractivity contribution >= 4 is 23.7 Å². The van der Waals surface area contributed by atoms with Crippen LogP contribution < -0.4 is 5.32 Å². The van der Waals surface area contributed by atoms with Crippen LogP contribution in [-0.2, 0) is 11.8 Å². The normalized spacial score (nSPS) is 17.1. The lowest BCUT2D eigenvalue weighted by Crippen LogP contribution is -2.39. The fourth-order valence-electron chi connectivity index (χ4n) is 1.43. The van der Waals surface area contributed by atoms with E-state index in [1.165, 1.54) is 21.3 Å². The number of hydrogen-bond acceptors (Lipinski definition) is 6. The lowest BCUT2D eigenvalue weighted by atomic mass is 10.4. The number of carbonyl (C=O) groups is 2. The largest absolute Gasteiger partial charge is 0.336 e. The summed E-state index contributed by atoms with van der Waals surface area (Å²) in [5.74, 6) is -0.229. The lowest BCUT2D eigenvalue weighted by molar-refractivity contribution is -0.126. The quantitative estimate of drug-likeness (QED) is 0.715. The number of nitrogens with one attached hydrogen (secondary N) is 1. The van der Waals surface area contributed by atoms with E-state index >= 15 is 0 Å². The maximum absolute atomic E-state index is 12.0. The van der Waals surface area contributed by atoms with Crippen molar-refractivity contribution in [2.75, 3.05) is 13.1 Å². The number of tetrazole rings is 1. The second-order valence-electron chi connectivity index (χ2n) is 3.57. The molecule has 1 aromatic heterocycles. The molecule has 0 aliphatic carbocycles. The van der Waals surface area contributed by atoms with Crippen molar-refractivity contribution in [2.24, 2.45) is 7.05 Å². The summed E-state index contributed by atoms with van der Waals surface area (Å²) < 4.78 is 1.48. The number of amides is 3. The molecule has 1 saturated heterocycles. The lowest BCUT2D eigenvalue weighted by Gasteiger charge is -2.16. The number of rotatable bonds is 3. The highest BCUT2D eigenvalue weighted by Crippen LogP contribution is 2.21. The van der Waals surface area contributed by atoms with Gasteiger partial charge in [0.1, 0.15) is 0 Å². The molecule has 17 heavy (non-hydrogen) atoms. The molecule has 0 radical (unpaired) electrons. The molecule has 0 aromatic carbocycles. The van der Waals surface area contributed by atoms with Gasteiger partial charge in [-0.25, -0.2) is 9.48 Å². The van der Waals surface area contributed by atoms with Crippen molar-refractivity contribution in [1.82, 2.24) is 30.4 Å². The standard InChI is InChI=1S/C8H12N6O2S/c1-5(17-8-10-11-12-13(8)2)6(15)14-4-3-9-7(14)16/h5H,3-4H2,1-2H3,(H,9,16). The number of thioether (sulfide) groups is 1. The van der Waals surface area contributed by atoms with Crippen molar-refractivity contribution in [3.05, 3.63) is 0 Å². The minimum Gasteiger partial charge on any atom is -0.336 e. The summed E-state index contributed by atoms with van der Waals surface area (Å²) in [5, 5.41) is 13.7. The average Bonchev–Trinajstić information content (AvgIpc) is 2.88. The number of imide groups is 1. The monoisotopic (exact) mass is 256 g/mol. The van der Waals surface area contributed by atoms with E-state index in [1.807, 2.05) is 0 Å². The van der Waals surface area contributed by atoms with Gasteiger partial charge in [-0.1, -0.05) is 11.8 Å². The van der Waals surface area contributed by atoms with Gasteiger partial charge in [0.05, 0.1) is 5.25 Å². The maximum atomic E-state index is 12.0. The van der Waals surface area contributed by atoms with Gasteiger partial charge in [-0.2, -0.15) is 0 Å². The maximum Gasteiger partial charge on any atom is 0.324 e. The smallest absolute Gasteiger partial charge is 0.324 e. The highest BCUT2D eigenvalue weighted by atomic mass is 32.2. The Morgan fingerprint density at radius 1 is 1.59 bits per heavy atom. The Hall–Kier alpha value is -1.64. The molecule has 1 aliphatic rings. The third-order valence-corrected chi connectivity index (χ3v) is 3.45. The summed E-state index contributed by atoms with van der Waals surface area (Å²) in [5.41, 5.74) is 0. The number of hydrogen-bond donors (Lipinski definition) is 1. The van der Waals surface area contributed by atoms with Crippen molar-refractivity contribution in [3.63, 3.8) is 0 Å². The van der Waals surface area contributed by atoms with E-state index in [9.17, 15) is 9.59 Å². The van der Waals surface area contributed by atoms with Crippen molar-refractivity contribution < 1.29 is 9.59 Å². The molecule has 3 amide bonds. The Morgan fingerprint density at radius 2 is 2.35 bits per heavy atom. The fourth-order valence-corrected chi connectivity index (χ4v) is 2.25. The average molecular weight is 256 g/mol. The van der Waals surface area contributed by atoms with E-state index in [0.717, 1.165) is 0 Å². The van der Waals surface area contributed by atoms with Crippen LogP contribution in [0.2, 0.25) is 0 Å². The number of aryl methyl sites for hydroxylation is 1. The number of urea groups is 1. The Morgan fingerprint density at radius 3 is 2.88 bits per heavy atom. The zero-order chi connectivity index (χ0) is 12.4. The number of carbonyl (C=O) groups excluding carboxylic acids is 2. The molecule has 1 unspecified atom stereocenters. The van der Waals surface area contributed by atoms with Crippen LogP contribution in [-0.4, -0.2) is 55.4 Å². The van der Waals surface area contributed by atoms with Gasteiger partial charge in [0.2, 0.25) is 11.1 Å². The first-order chi connectivity index (χ1) is 8.09. The first-order valence-corrected chi connectivity index (χ1v) is 5.96. The van der Waals surface area contributed by atoms with Gasteiger partial charge in [-0.3, -0.25) is 9.69 Å². The molecule has 1 aliphatic heterocycles. The van der Waals surface area contributed by atoms with Gasteiger partial charge in [0.25, 0.3) is 0 Å². The van der Waals surface area contributed by atoms with Gasteiger partial charge in [-0.15, -0.1) is 5.10 Å². The fraction of sp³-hybridized carbons (Fsp3) is 0.625. The Kier molecular flexibility index (Phi) is 3.27. The van der Waals surface area contributed by atoms with Crippen LogP contribution in [0, 0.1) is 0 Å². The van der Waals surface area contributed by atoms with Crippen LogP contribution in [0.1, 0.15) is 6.92 Å². The van der Waals surface area contributed by atoms with E-state index in [2.05, 4.69) is 20.8 Å². The summed E-state index contributed by atoms with van der Waals surface area (Å²) >= 11 is 1.23. The molecule has 1 aromatic rings. The molecule has 0 bridgehead atoms. The van der Waals surface area contributed by atoms with Gasteiger partial charge in [0, 0.05) is 20.1 Å². The molecule has 0 spiro atoms. The second-order valence-corrected chi connectivity index (χ2v) is 4.87. The molecule has 9 heteroatoms.